The lowest BCUT2D eigenvalue weighted by Crippen LogP contribution is -2.41. The lowest BCUT2D eigenvalue weighted by atomic mass is 9.97. The summed E-state index contributed by atoms with van der Waals surface area (Å²) in [5.41, 5.74) is 1.24. The Morgan fingerprint density at radius 2 is 1.96 bits per heavy atom. The minimum Gasteiger partial charge on any atom is -0.425 e. The van der Waals surface area contributed by atoms with Crippen LogP contribution in [0.25, 0.3) is 0 Å². The number of carbonyl (C=O) groups is 1. The normalized spacial score (nSPS) is 16.1. The number of hydrogen-bond donors (Lipinski definition) is 1. The van der Waals surface area contributed by atoms with Crippen LogP contribution in [0.15, 0.2) is 34.7 Å². The second-order valence-electron chi connectivity index (χ2n) is 7.27. The van der Waals surface area contributed by atoms with E-state index >= 15 is 0 Å². The minimum atomic E-state index is 0.0965. The molecular formula is C20H28N4O2. The Bertz CT molecular complexity index is 691. The van der Waals surface area contributed by atoms with E-state index in [2.05, 4.69) is 46.4 Å². The first-order valence-electron chi connectivity index (χ1n) is 9.48. The van der Waals surface area contributed by atoms with Crippen LogP contribution in [0.5, 0.6) is 0 Å². The SMILES string of the molecule is CC(C)c1nnc(C2CCN(CC(=O)NCCc3ccccc3)CC2)o1. The van der Waals surface area contributed by atoms with Crippen LogP contribution in [0.1, 0.15) is 55.9 Å². The molecule has 6 nitrogen and oxygen atoms in total. The van der Waals surface area contributed by atoms with Gasteiger partial charge in [-0.2, -0.15) is 0 Å². The summed E-state index contributed by atoms with van der Waals surface area (Å²) >= 11 is 0. The number of nitrogens with zero attached hydrogens (tertiary/aromatic N) is 3. The van der Waals surface area contributed by atoms with Gasteiger partial charge in [-0.25, -0.2) is 0 Å². The molecule has 2 heterocycles. The summed E-state index contributed by atoms with van der Waals surface area (Å²) in [5, 5.41) is 11.3. The van der Waals surface area contributed by atoms with Gasteiger partial charge in [-0.1, -0.05) is 44.2 Å². The summed E-state index contributed by atoms with van der Waals surface area (Å²) in [4.78, 5) is 14.3. The Morgan fingerprint density at radius 1 is 1.23 bits per heavy atom. The van der Waals surface area contributed by atoms with Crippen molar-refractivity contribution in [3.63, 3.8) is 0 Å². The number of piperidine rings is 1. The zero-order chi connectivity index (χ0) is 18.4. The second kappa shape index (κ2) is 8.94. The maximum Gasteiger partial charge on any atom is 0.234 e. The molecule has 1 fully saturated rings. The van der Waals surface area contributed by atoms with Gasteiger partial charge < -0.3 is 9.73 Å². The molecule has 0 saturated carbocycles. The smallest absolute Gasteiger partial charge is 0.234 e. The van der Waals surface area contributed by atoms with Crippen molar-refractivity contribution >= 4 is 5.91 Å². The van der Waals surface area contributed by atoms with Crippen LogP contribution in [-0.4, -0.2) is 47.2 Å². The number of hydrogen-bond acceptors (Lipinski definition) is 5. The van der Waals surface area contributed by atoms with Crippen LogP contribution >= 0.6 is 0 Å². The highest BCUT2D eigenvalue weighted by Gasteiger charge is 2.26. The molecule has 1 aromatic heterocycles. The first-order valence-corrected chi connectivity index (χ1v) is 9.48. The van der Waals surface area contributed by atoms with Crippen molar-refractivity contribution in [2.75, 3.05) is 26.2 Å². The van der Waals surface area contributed by atoms with Gasteiger partial charge in [0.1, 0.15) is 0 Å². The Balaban J connectivity index is 1.37. The van der Waals surface area contributed by atoms with Gasteiger partial charge >= 0.3 is 0 Å². The third-order valence-electron chi connectivity index (χ3n) is 4.83. The first-order chi connectivity index (χ1) is 12.6. The zero-order valence-corrected chi connectivity index (χ0v) is 15.6. The highest BCUT2D eigenvalue weighted by Crippen LogP contribution is 2.28. The van der Waals surface area contributed by atoms with Gasteiger partial charge in [0.15, 0.2) is 0 Å². The molecule has 1 aromatic carbocycles. The molecule has 140 valence electrons. The summed E-state index contributed by atoms with van der Waals surface area (Å²) < 4.78 is 5.78. The van der Waals surface area contributed by atoms with Crippen molar-refractivity contribution < 1.29 is 9.21 Å². The Hall–Kier alpha value is -2.21. The van der Waals surface area contributed by atoms with Gasteiger partial charge in [0.2, 0.25) is 17.7 Å². The summed E-state index contributed by atoms with van der Waals surface area (Å²) in [6.07, 6.45) is 2.78. The molecule has 0 aliphatic carbocycles. The largest absolute Gasteiger partial charge is 0.425 e. The van der Waals surface area contributed by atoms with Crippen molar-refractivity contribution in [3.8, 4) is 0 Å². The van der Waals surface area contributed by atoms with Crippen molar-refractivity contribution in [2.45, 2.75) is 44.9 Å². The lowest BCUT2D eigenvalue weighted by molar-refractivity contribution is -0.122. The highest BCUT2D eigenvalue weighted by molar-refractivity contribution is 5.78. The van der Waals surface area contributed by atoms with Crippen molar-refractivity contribution in [1.29, 1.82) is 0 Å². The predicted octanol–water partition coefficient (Wildman–Crippen LogP) is 2.73. The number of nitrogens with one attached hydrogen (secondary N) is 1. The molecule has 26 heavy (non-hydrogen) atoms. The molecule has 0 unspecified atom stereocenters. The summed E-state index contributed by atoms with van der Waals surface area (Å²) in [7, 11) is 0. The van der Waals surface area contributed by atoms with Crippen LogP contribution in [0.4, 0.5) is 0 Å². The van der Waals surface area contributed by atoms with Gasteiger partial charge in [-0.15, -0.1) is 10.2 Å². The standard InChI is InChI=1S/C20H28N4O2/c1-15(2)19-22-23-20(26-19)17-9-12-24(13-10-17)14-18(25)21-11-8-16-6-4-3-5-7-16/h3-7,15,17H,8-14H2,1-2H3,(H,21,25). The van der Waals surface area contributed by atoms with Gasteiger partial charge in [-0.3, -0.25) is 9.69 Å². The molecule has 0 spiro atoms. The quantitative estimate of drug-likeness (QED) is 0.826. The van der Waals surface area contributed by atoms with Gasteiger partial charge in [-0.05, 0) is 37.9 Å². The molecule has 0 atom stereocenters. The number of carbonyl (C=O) groups excluding carboxylic acids is 1. The van der Waals surface area contributed by atoms with E-state index in [9.17, 15) is 4.79 Å². The summed E-state index contributed by atoms with van der Waals surface area (Å²) in [6.45, 7) is 7.01. The Kier molecular flexibility index (Phi) is 6.39. The molecule has 1 aliphatic rings. The molecular weight excluding hydrogens is 328 g/mol. The molecule has 1 aliphatic heterocycles. The molecule has 0 radical (unpaired) electrons. The molecule has 6 heteroatoms. The van der Waals surface area contributed by atoms with Crippen LogP contribution in [0, 0.1) is 0 Å². The average Bonchev–Trinajstić information content (AvgIpc) is 3.14. The van der Waals surface area contributed by atoms with Gasteiger partial charge in [0.25, 0.3) is 0 Å². The Morgan fingerprint density at radius 3 is 2.62 bits per heavy atom. The third-order valence-corrected chi connectivity index (χ3v) is 4.83. The van der Waals surface area contributed by atoms with Crippen molar-refractivity contribution in [3.05, 3.63) is 47.7 Å². The summed E-state index contributed by atoms with van der Waals surface area (Å²) in [6, 6.07) is 10.2. The number of amides is 1. The minimum absolute atomic E-state index is 0.0965. The van der Waals surface area contributed by atoms with E-state index < -0.39 is 0 Å². The Labute approximate surface area is 155 Å². The summed E-state index contributed by atoms with van der Waals surface area (Å²) in [5.74, 6) is 2.13. The van der Waals surface area contributed by atoms with E-state index in [1.807, 2.05) is 18.2 Å². The van der Waals surface area contributed by atoms with Crippen LogP contribution in [0.3, 0.4) is 0 Å². The first kappa shape index (κ1) is 18.6. The zero-order valence-electron chi connectivity index (χ0n) is 15.6. The van der Waals surface area contributed by atoms with Crippen LogP contribution in [0.2, 0.25) is 0 Å². The molecule has 1 saturated heterocycles. The van der Waals surface area contributed by atoms with E-state index in [1.54, 1.807) is 0 Å². The number of rotatable bonds is 7. The van der Waals surface area contributed by atoms with E-state index in [0.29, 0.717) is 24.9 Å². The molecule has 2 aromatic rings. The maximum absolute atomic E-state index is 12.1. The number of aromatic nitrogens is 2. The van der Waals surface area contributed by atoms with Crippen molar-refractivity contribution in [1.82, 2.24) is 20.4 Å². The third kappa shape index (κ3) is 5.14. The van der Waals surface area contributed by atoms with Gasteiger partial charge in [0.05, 0.1) is 6.54 Å². The molecule has 0 bridgehead atoms. The van der Waals surface area contributed by atoms with E-state index in [-0.39, 0.29) is 11.8 Å². The van der Waals surface area contributed by atoms with E-state index in [4.69, 9.17) is 4.42 Å². The van der Waals surface area contributed by atoms with E-state index in [1.165, 1.54) is 5.56 Å². The number of likely N-dealkylation sites (tertiary alicyclic amines) is 1. The van der Waals surface area contributed by atoms with Crippen molar-refractivity contribution in [2.24, 2.45) is 0 Å². The fraction of sp³-hybridized carbons (Fsp3) is 0.550. The molecule has 3 rings (SSSR count). The lowest BCUT2D eigenvalue weighted by Gasteiger charge is -2.29. The molecule has 1 N–H and O–H groups in total. The monoisotopic (exact) mass is 356 g/mol. The van der Waals surface area contributed by atoms with Crippen LogP contribution < -0.4 is 5.32 Å². The molecule has 1 amide bonds. The maximum atomic E-state index is 12.1. The van der Waals surface area contributed by atoms with Gasteiger partial charge in [0, 0.05) is 18.4 Å². The fourth-order valence-corrected chi connectivity index (χ4v) is 3.23. The predicted molar refractivity (Wildman–Crippen MR) is 100.0 cm³/mol. The average molecular weight is 356 g/mol. The second-order valence-corrected chi connectivity index (χ2v) is 7.27. The fourth-order valence-electron chi connectivity index (χ4n) is 3.23. The topological polar surface area (TPSA) is 71.3 Å². The van der Waals surface area contributed by atoms with E-state index in [0.717, 1.165) is 38.2 Å². The number of benzene rings is 1. The van der Waals surface area contributed by atoms with Crippen LogP contribution in [-0.2, 0) is 11.2 Å². The highest BCUT2D eigenvalue weighted by atomic mass is 16.4.